The second-order valence-electron chi connectivity index (χ2n) is 15.3. The average molecular weight is 762 g/mol. The van der Waals surface area contributed by atoms with Crippen molar-refractivity contribution in [2.45, 2.75) is 238 Å². The lowest BCUT2D eigenvalue weighted by Gasteiger charge is -2.20. The third-order valence-corrected chi connectivity index (χ3v) is 11.0. The second kappa shape index (κ2) is 41.7. The zero-order valence-electron chi connectivity index (χ0n) is 34.6. The molecule has 0 saturated carbocycles. The van der Waals surface area contributed by atoms with Crippen molar-refractivity contribution in [2.75, 3.05) is 33.0 Å². The van der Waals surface area contributed by atoms with Crippen LogP contribution in [0.15, 0.2) is 0 Å². The van der Waals surface area contributed by atoms with Crippen LogP contribution in [0, 0.1) is 0 Å². The number of hydrogen-bond acceptors (Lipinski definition) is 7. The van der Waals surface area contributed by atoms with Gasteiger partial charge in [0.05, 0.1) is 19.8 Å². The molecule has 0 aromatic rings. The lowest BCUT2D eigenvalue weighted by atomic mass is 10.0. The van der Waals surface area contributed by atoms with E-state index >= 15 is 0 Å². The van der Waals surface area contributed by atoms with Crippen LogP contribution in [0.3, 0.4) is 0 Å². The van der Waals surface area contributed by atoms with Crippen molar-refractivity contribution in [1.82, 2.24) is 0 Å². The largest absolute Gasteiger partial charge is 0.472 e. The van der Waals surface area contributed by atoms with Gasteiger partial charge in [0.25, 0.3) is 0 Å². The molecule has 312 valence electrons. The van der Waals surface area contributed by atoms with Crippen molar-refractivity contribution in [1.29, 1.82) is 0 Å². The highest BCUT2D eigenvalue weighted by atomic mass is 31.2. The number of hydrogen-bond donors (Lipinski definition) is 2. The third-order valence-electron chi connectivity index (χ3n) is 10.0. The number of carbonyl (C=O) groups excluding carboxylic acids is 1. The molecule has 52 heavy (non-hydrogen) atoms. The van der Waals surface area contributed by atoms with Gasteiger partial charge in [0, 0.05) is 19.6 Å². The summed E-state index contributed by atoms with van der Waals surface area (Å²) in [5.41, 5.74) is 5.37. The Morgan fingerprint density at radius 1 is 0.500 bits per heavy atom. The molecule has 0 radical (unpaired) electrons. The molecule has 0 rings (SSSR count). The molecule has 8 nitrogen and oxygen atoms in total. The third kappa shape index (κ3) is 40.7. The van der Waals surface area contributed by atoms with Gasteiger partial charge in [-0.15, -0.1) is 0 Å². The SMILES string of the molecule is CCCCCCCCCCCCCCCCCCCC(=O)O[C@H](COCCCCCCCCCCCCCCCCCC)COP(=O)(O)OCCN. The van der Waals surface area contributed by atoms with E-state index in [1.54, 1.807) is 0 Å². The molecule has 3 N–H and O–H groups in total. The molecule has 0 spiro atoms. The van der Waals surface area contributed by atoms with Gasteiger partial charge >= 0.3 is 13.8 Å². The van der Waals surface area contributed by atoms with E-state index in [0.29, 0.717) is 13.0 Å². The van der Waals surface area contributed by atoms with Gasteiger partial charge in [-0.3, -0.25) is 13.8 Å². The van der Waals surface area contributed by atoms with E-state index < -0.39 is 13.9 Å². The molecule has 1 unspecified atom stereocenters. The molecule has 0 aromatic carbocycles. The first-order valence-electron chi connectivity index (χ1n) is 22.5. The first-order chi connectivity index (χ1) is 25.4. The van der Waals surface area contributed by atoms with E-state index in [-0.39, 0.29) is 32.3 Å². The number of unbranched alkanes of at least 4 members (excludes halogenated alkanes) is 31. The Morgan fingerprint density at radius 2 is 0.846 bits per heavy atom. The maximum absolute atomic E-state index is 12.6. The molecule has 0 amide bonds. The van der Waals surface area contributed by atoms with Crippen LogP contribution in [0.25, 0.3) is 0 Å². The van der Waals surface area contributed by atoms with Crippen LogP contribution in [0.4, 0.5) is 0 Å². The van der Waals surface area contributed by atoms with Gasteiger partial charge in [0.15, 0.2) is 0 Å². The molecule has 0 bridgehead atoms. The predicted octanol–water partition coefficient (Wildman–Crippen LogP) is 13.3. The van der Waals surface area contributed by atoms with Crippen molar-refractivity contribution in [2.24, 2.45) is 5.73 Å². The number of phosphoric acid groups is 1. The summed E-state index contributed by atoms with van der Waals surface area (Å²) in [6.07, 6.45) is 42.6. The van der Waals surface area contributed by atoms with Gasteiger partial charge < -0.3 is 20.1 Å². The van der Waals surface area contributed by atoms with Crippen molar-refractivity contribution >= 4 is 13.8 Å². The molecule has 0 aliphatic rings. The highest BCUT2D eigenvalue weighted by molar-refractivity contribution is 7.47. The number of phosphoric ester groups is 1. The summed E-state index contributed by atoms with van der Waals surface area (Å²) in [6.45, 7) is 4.99. The Hall–Kier alpha value is -0.500. The quantitative estimate of drug-likeness (QED) is 0.0358. The monoisotopic (exact) mass is 762 g/mol. The summed E-state index contributed by atoms with van der Waals surface area (Å²) in [5, 5.41) is 0. The van der Waals surface area contributed by atoms with Gasteiger partial charge in [0.1, 0.15) is 6.10 Å². The number of esters is 1. The van der Waals surface area contributed by atoms with E-state index in [9.17, 15) is 14.3 Å². The maximum Gasteiger partial charge on any atom is 0.472 e. The molecular weight excluding hydrogens is 673 g/mol. The average Bonchev–Trinajstić information content (AvgIpc) is 3.13. The normalized spacial score (nSPS) is 13.4. The molecule has 0 aliphatic carbocycles. The molecule has 0 fully saturated rings. The predicted molar refractivity (Wildman–Crippen MR) is 220 cm³/mol. The second-order valence-corrected chi connectivity index (χ2v) is 16.7. The smallest absolute Gasteiger partial charge is 0.457 e. The zero-order valence-corrected chi connectivity index (χ0v) is 35.5. The molecule has 0 saturated heterocycles. The van der Waals surface area contributed by atoms with Crippen LogP contribution in [-0.2, 0) is 27.9 Å². The van der Waals surface area contributed by atoms with Crippen molar-refractivity contribution in [3.8, 4) is 0 Å². The Bertz CT molecular complexity index is 772. The number of nitrogens with two attached hydrogens (primary N) is 1. The minimum absolute atomic E-state index is 0.0900. The van der Waals surface area contributed by atoms with Crippen molar-refractivity contribution in [3.63, 3.8) is 0 Å². The highest BCUT2D eigenvalue weighted by Gasteiger charge is 2.25. The minimum atomic E-state index is -4.27. The van der Waals surface area contributed by atoms with Gasteiger partial charge in [-0.25, -0.2) is 4.57 Å². The summed E-state index contributed by atoms with van der Waals surface area (Å²) in [7, 11) is -4.27. The van der Waals surface area contributed by atoms with E-state index in [4.69, 9.17) is 24.3 Å². The number of ether oxygens (including phenoxy) is 2. The van der Waals surface area contributed by atoms with Crippen LogP contribution < -0.4 is 5.73 Å². The van der Waals surface area contributed by atoms with Crippen LogP contribution in [0.1, 0.15) is 232 Å². The standard InChI is InChI=1S/C43H88NO7P/c1-3-5-7-9-11-13-15-17-19-21-22-24-26-28-30-32-34-36-43(45)51-42(41-50-52(46,47)49-39-37-44)40-48-38-35-33-31-29-27-25-23-20-18-16-14-12-10-8-6-4-2/h42H,3-41,44H2,1-2H3,(H,46,47)/t42-/m1/s1. The Morgan fingerprint density at radius 3 is 1.21 bits per heavy atom. The summed E-state index contributed by atoms with van der Waals surface area (Å²) >= 11 is 0. The lowest BCUT2D eigenvalue weighted by molar-refractivity contribution is -0.154. The fourth-order valence-electron chi connectivity index (χ4n) is 6.70. The minimum Gasteiger partial charge on any atom is -0.457 e. The Kier molecular flexibility index (Phi) is 41.3. The first-order valence-corrected chi connectivity index (χ1v) is 24.0. The zero-order chi connectivity index (χ0) is 38.1. The summed E-state index contributed by atoms with van der Waals surface area (Å²) in [6, 6.07) is 0. The van der Waals surface area contributed by atoms with E-state index in [1.807, 2.05) is 0 Å². The fourth-order valence-corrected chi connectivity index (χ4v) is 7.47. The van der Waals surface area contributed by atoms with Gasteiger partial charge in [0.2, 0.25) is 0 Å². The topological polar surface area (TPSA) is 117 Å². The fraction of sp³-hybridized carbons (Fsp3) is 0.977. The maximum atomic E-state index is 12.6. The van der Waals surface area contributed by atoms with Crippen LogP contribution in [0.5, 0.6) is 0 Å². The van der Waals surface area contributed by atoms with Gasteiger partial charge in [-0.2, -0.15) is 0 Å². The lowest BCUT2D eigenvalue weighted by Crippen LogP contribution is -2.28. The molecule has 9 heteroatoms. The Balaban J connectivity index is 3.95. The molecule has 0 aromatic heterocycles. The van der Waals surface area contributed by atoms with Crippen molar-refractivity contribution in [3.05, 3.63) is 0 Å². The molecule has 0 heterocycles. The van der Waals surface area contributed by atoms with Gasteiger partial charge in [-0.05, 0) is 12.8 Å². The Labute approximate surface area is 322 Å². The summed E-state index contributed by atoms with van der Waals surface area (Å²) in [5.74, 6) is -0.323. The highest BCUT2D eigenvalue weighted by Crippen LogP contribution is 2.43. The van der Waals surface area contributed by atoms with E-state index in [2.05, 4.69) is 13.8 Å². The molecular formula is C43H88NO7P. The molecule has 0 aliphatic heterocycles. The van der Waals surface area contributed by atoms with Crippen LogP contribution >= 0.6 is 7.82 Å². The number of carbonyl (C=O) groups is 1. The van der Waals surface area contributed by atoms with Crippen LogP contribution in [0.2, 0.25) is 0 Å². The molecule has 2 atom stereocenters. The van der Waals surface area contributed by atoms with Gasteiger partial charge in [-0.1, -0.05) is 213 Å². The van der Waals surface area contributed by atoms with E-state index in [1.165, 1.54) is 180 Å². The summed E-state index contributed by atoms with van der Waals surface area (Å²) in [4.78, 5) is 22.5. The summed E-state index contributed by atoms with van der Waals surface area (Å²) < 4.78 is 33.5. The van der Waals surface area contributed by atoms with Crippen LogP contribution in [-0.4, -0.2) is 49.9 Å². The number of rotatable bonds is 44. The first kappa shape index (κ1) is 51.5. The van der Waals surface area contributed by atoms with E-state index in [0.717, 1.165) is 32.1 Å². The van der Waals surface area contributed by atoms with Crippen molar-refractivity contribution < 1.29 is 32.8 Å².